The van der Waals surface area contributed by atoms with Gasteiger partial charge in [0.15, 0.2) is 0 Å². The molecule has 19 heavy (non-hydrogen) atoms. The lowest BCUT2D eigenvalue weighted by molar-refractivity contribution is 0.237. The Morgan fingerprint density at radius 1 is 1.32 bits per heavy atom. The molecule has 0 bridgehead atoms. The first-order chi connectivity index (χ1) is 9.31. The number of ether oxygens (including phenoxy) is 1. The van der Waals surface area contributed by atoms with Gasteiger partial charge in [-0.25, -0.2) is 0 Å². The normalized spacial score (nSPS) is 18.0. The van der Waals surface area contributed by atoms with Crippen LogP contribution in [0.5, 0.6) is 5.75 Å². The van der Waals surface area contributed by atoms with Crippen LogP contribution in [0.15, 0.2) is 24.3 Å². The van der Waals surface area contributed by atoms with E-state index >= 15 is 0 Å². The zero-order valence-electron chi connectivity index (χ0n) is 11.8. The molecule has 1 unspecified atom stereocenters. The first-order valence-electron chi connectivity index (χ1n) is 7.33. The number of aliphatic hydroxyl groups excluding tert-OH is 1. The van der Waals surface area contributed by atoms with E-state index in [-0.39, 0.29) is 12.6 Å². The molecule has 1 aromatic rings. The zero-order chi connectivity index (χ0) is 13.5. The molecule has 3 heteroatoms. The van der Waals surface area contributed by atoms with Gasteiger partial charge < -0.3 is 15.2 Å². The summed E-state index contributed by atoms with van der Waals surface area (Å²) in [6, 6.07) is 8.04. The lowest BCUT2D eigenvalue weighted by Gasteiger charge is -2.26. The summed E-state index contributed by atoms with van der Waals surface area (Å²) in [7, 11) is 1.67. The van der Waals surface area contributed by atoms with Crippen LogP contribution in [0, 0.1) is 5.92 Å². The van der Waals surface area contributed by atoms with Gasteiger partial charge in [0, 0.05) is 17.8 Å². The van der Waals surface area contributed by atoms with Crippen molar-refractivity contribution in [3.05, 3.63) is 24.3 Å². The van der Waals surface area contributed by atoms with E-state index in [1.807, 2.05) is 24.3 Å². The summed E-state index contributed by atoms with van der Waals surface area (Å²) in [4.78, 5) is 0. The van der Waals surface area contributed by atoms with Crippen LogP contribution in [0.3, 0.4) is 0 Å². The highest BCUT2D eigenvalue weighted by Crippen LogP contribution is 2.28. The molecule has 0 saturated heterocycles. The Balaban J connectivity index is 1.90. The van der Waals surface area contributed by atoms with E-state index in [1.165, 1.54) is 32.1 Å². The molecular weight excluding hydrogens is 238 g/mol. The maximum Gasteiger partial charge on any atom is 0.120 e. The third-order valence-electron chi connectivity index (χ3n) is 4.00. The van der Waals surface area contributed by atoms with Gasteiger partial charge in [0.2, 0.25) is 0 Å². The molecule has 0 heterocycles. The molecule has 3 nitrogen and oxygen atoms in total. The first kappa shape index (κ1) is 14.2. The standard InChI is InChI=1S/C16H25NO2/c1-19-16-9-5-8-14(11-16)17-15(12-18)10-13-6-3-2-4-7-13/h5,8-9,11,13,15,17-18H,2-4,6-7,10,12H2,1H3. The number of anilines is 1. The second kappa shape index (κ2) is 7.39. The number of hydrogen-bond donors (Lipinski definition) is 2. The van der Waals surface area contributed by atoms with E-state index in [4.69, 9.17) is 4.74 Å². The van der Waals surface area contributed by atoms with E-state index in [9.17, 15) is 5.11 Å². The highest BCUT2D eigenvalue weighted by atomic mass is 16.5. The molecule has 1 atom stereocenters. The monoisotopic (exact) mass is 263 g/mol. The predicted molar refractivity (Wildman–Crippen MR) is 78.7 cm³/mol. The van der Waals surface area contributed by atoms with Gasteiger partial charge in [-0.1, -0.05) is 38.2 Å². The topological polar surface area (TPSA) is 41.5 Å². The van der Waals surface area contributed by atoms with Crippen LogP contribution in [-0.2, 0) is 0 Å². The molecule has 0 spiro atoms. The molecule has 2 N–H and O–H groups in total. The third-order valence-corrected chi connectivity index (χ3v) is 4.00. The highest BCUT2D eigenvalue weighted by Gasteiger charge is 2.18. The lowest BCUT2D eigenvalue weighted by atomic mass is 9.85. The number of aliphatic hydroxyl groups is 1. The summed E-state index contributed by atoms with van der Waals surface area (Å²) in [5, 5.41) is 13.0. The number of benzene rings is 1. The predicted octanol–water partition coefficient (Wildman–Crippen LogP) is 3.44. The average Bonchev–Trinajstić information content (AvgIpc) is 2.48. The lowest BCUT2D eigenvalue weighted by Crippen LogP contribution is -2.27. The molecule has 0 amide bonds. The van der Waals surface area contributed by atoms with Crippen molar-refractivity contribution in [1.29, 1.82) is 0 Å². The van der Waals surface area contributed by atoms with Gasteiger partial charge in [0.05, 0.1) is 13.7 Å². The molecule has 1 saturated carbocycles. The van der Waals surface area contributed by atoms with E-state index in [0.717, 1.165) is 23.8 Å². The Morgan fingerprint density at radius 2 is 2.11 bits per heavy atom. The quantitative estimate of drug-likeness (QED) is 0.826. The highest BCUT2D eigenvalue weighted by molar-refractivity contribution is 5.48. The van der Waals surface area contributed by atoms with Crippen LogP contribution in [-0.4, -0.2) is 24.9 Å². The van der Waals surface area contributed by atoms with Crippen molar-refractivity contribution in [2.24, 2.45) is 5.92 Å². The first-order valence-corrected chi connectivity index (χ1v) is 7.33. The van der Waals surface area contributed by atoms with Gasteiger partial charge in [-0.3, -0.25) is 0 Å². The Bertz CT molecular complexity index is 375. The van der Waals surface area contributed by atoms with Crippen LogP contribution < -0.4 is 10.1 Å². The van der Waals surface area contributed by atoms with Crippen molar-refractivity contribution in [1.82, 2.24) is 0 Å². The van der Waals surface area contributed by atoms with Crippen LogP contribution in [0.25, 0.3) is 0 Å². The van der Waals surface area contributed by atoms with Crippen molar-refractivity contribution in [2.45, 2.75) is 44.6 Å². The summed E-state index contributed by atoms with van der Waals surface area (Å²) >= 11 is 0. The Hall–Kier alpha value is -1.22. The summed E-state index contributed by atoms with van der Waals surface area (Å²) in [6.07, 6.45) is 7.77. The molecule has 0 aliphatic heterocycles. The molecular formula is C16H25NO2. The second-order valence-corrected chi connectivity index (χ2v) is 5.50. The van der Waals surface area contributed by atoms with Crippen molar-refractivity contribution in [3.8, 4) is 5.75 Å². The van der Waals surface area contributed by atoms with Crippen molar-refractivity contribution >= 4 is 5.69 Å². The van der Waals surface area contributed by atoms with Gasteiger partial charge in [-0.2, -0.15) is 0 Å². The van der Waals surface area contributed by atoms with E-state index in [2.05, 4.69) is 5.32 Å². The third kappa shape index (κ3) is 4.43. The van der Waals surface area contributed by atoms with Crippen molar-refractivity contribution < 1.29 is 9.84 Å². The van der Waals surface area contributed by atoms with Crippen LogP contribution in [0.1, 0.15) is 38.5 Å². The Kier molecular flexibility index (Phi) is 5.52. The van der Waals surface area contributed by atoms with E-state index in [1.54, 1.807) is 7.11 Å². The van der Waals surface area contributed by atoms with Crippen LogP contribution >= 0.6 is 0 Å². The molecule has 0 aromatic heterocycles. The number of methoxy groups -OCH3 is 1. The minimum atomic E-state index is 0.148. The van der Waals surface area contributed by atoms with Gasteiger partial charge >= 0.3 is 0 Å². The number of rotatable bonds is 6. The van der Waals surface area contributed by atoms with Gasteiger partial charge in [0.1, 0.15) is 5.75 Å². The smallest absolute Gasteiger partial charge is 0.120 e. The number of nitrogens with one attached hydrogen (secondary N) is 1. The van der Waals surface area contributed by atoms with Crippen LogP contribution in [0.4, 0.5) is 5.69 Å². The second-order valence-electron chi connectivity index (χ2n) is 5.50. The Labute approximate surface area is 116 Å². The summed E-state index contributed by atoms with van der Waals surface area (Å²) < 4.78 is 5.22. The summed E-state index contributed by atoms with van der Waals surface area (Å²) in [6.45, 7) is 0.188. The zero-order valence-corrected chi connectivity index (χ0v) is 11.8. The summed E-state index contributed by atoms with van der Waals surface area (Å²) in [5.74, 6) is 1.61. The van der Waals surface area contributed by atoms with Gasteiger partial charge in [0.25, 0.3) is 0 Å². The number of hydrogen-bond acceptors (Lipinski definition) is 3. The minimum absolute atomic E-state index is 0.148. The molecule has 0 radical (unpaired) electrons. The average molecular weight is 263 g/mol. The molecule has 1 aliphatic carbocycles. The molecule has 1 fully saturated rings. The SMILES string of the molecule is COc1cccc(NC(CO)CC2CCCCC2)c1. The molecule has 1 aliphatic rings. The maximum absolute atomic E-state index is 9.55. The minimum Gasteiger partial charge on any atom is -0.497 e. The maximum atomic E-state index is 9.55. The van der Waals surface area contributed by atoms with Crippen molar-refractivity contribution in [2.75, 3.05) is 19.0 Å². The molecule has 106 valence electrons. The fraction of sp³-hybridized carbons (Fsp3) is 0.625. The van der Waals surface area contributed by atoms with E-state index in [0.29, 0.717) is 0 Å². The Morgan fingerprint density at radius 3 is 2.79 bits per heavy atom. The fourth-order valence-corrected chi connectivity index (χ4v) is 2.95. The summed E-state index contributed by atoms with van der Waals surface area (Å²) in [5.41, 5.74) is 1.02. The van der Waals surface area contributed by atoms with Crippen LogP contribution in [0.2, 0.25) is 0 Å². The fourth-order valence-electron chi connectivity index (χ4n) is 2.95. The van der Waals surface area contributed by atoms with Crippen molar-refractivity contribution in [3.63, 3.8) is 0 Å². The molecule has 1 aromatic carbocycles. The van der Waals surface area contributed by atoms with Gasteiger partial charge in [-0.05, 0) is 24.5 Å². The van der Waals surface area contributed by atoms with Gasteiger partial charge in [-0.15, -0.1) is 0 Å². The largest absolute Gasteiger partial charge is 0.497 e. The van der Waals surface area contributed by atoms with E-state index < -0.39 is 0 Å². The molecule has 2 rings (SSSR count).